The third-order valence-corrected chi connectivity index (χ3v) is 7.02. The topological polar surface area (TPSA) is 124 Å². The van der Waals surface area contributed by atoms with Gasteiger partial charge in [0.2, 0.25) is 0 Å². The smallest absolute Gasteiger partial charge is 0.337 e. The number of nitrogens with one attached hydrogen (secondary N) is 1. The zero-order valence-electron chi connectivity index (χ0n) is 15.6. The van der Waals surface area contributed by atoms with Gasteiger partial charge >= 0.3 is 11.9 Å². The van der Waals surface area contributed by atoms with Crippen molar-refractivity contribution in [2.75, 3.05) is 34.2 Å². The molecule has 10 heteroatoms. The number of carbonyl (C=O) groups is 2. The fraction of sp³-hybridized carbons (Fsp3) is 0.263. The Morgan fingerprint density at radius 2 is 1.72 bits per heavy atom. The van der Waals surface area contributed by atoms with Gasteiger partial charge < -0.3 is 15.1 Å². The molecule has 2 aromatic carbocycles. The lowest BCUT2D eigenvalue weighted by Crippen LogP contribution is -2.33. The number of benzene rings is 2. The molecule has 1 aliphatic heterocycles. The molecule has 0 aromatic heterocycles. The fourth-order valence-electron chi connectivity index (χ4n) is 3.08. The van der Waals surface area contributed by atoms with Crippen LogP contribution in [0.5, 0.6) is 0 Å². The van der Waals surface area contributed by atoms with Crippen LogP contribution in [-0.2, 0) is 10.0 Å². The van der Waals surface area contributed by atoms with E-state index in [0.717, 1.165) is 30.7 Å². The number of thioether (sulfide) groups is 1. The average Bonchev–Trinajstić information content (AvgIpc) is 2.68. The maximum absolute atomic E-state index is 12.8. The number of rotatable bonds is 6. The minimum atomic E-state index is -4.10. The second-order valence-electron chi connectivity index (χ2n) is 6.53. The summed E-state index contributed by atoms with van der Waals surface area (Å²) in [6, 6.07) is 8.21. The molecule has 0 spiro atoms. The Hall–Kier alpha value is -2.72. The quantitative estimate of drug-likeness (QED) is 0.631. The molecule has 29 heavy (non-hydrogen) atoms. The number of sulfonamides is 1. The van der Waals surface area contributed by atoms with E-state index >= 15 is 0 Å². The number of hydrogen-bond donors (Lipinski definition) is 3. The lowest BCUT2D eigenvalue weighted by molar-refractivity contribution is 0.0686. The molecule has 1 fully saturated rings. The molecule has 0 bridgehead atoms. The summed E-state index contributed by atoms with van der Waals surface area (Å²) in [7, 11) is -4.10. The van der Waals surface area contributed by atoms with Crippen LogP contribution in [0.3, 0.4) is 0 Å². The van der Waals surface area contributed by atoms with E-state index in [1.54, 1.807) is 24.8 Å². The highest BCUT2D eigenvalue weighted by atomic mass is 32.2. The maximum Gasteiger partial charge on any atom is 0.337 e. The molecule has 1 aliphatic rings. The van der Waals surface area contributed by atoms with E-state index < -0.39 is 22.0 Å². The van der Waals surface area contributed by atoms with Crippen LogP contribution in [-0.4, -0.2) is 55.2 Å². The molecule has 8 nitrogen and oxygen atoms in total. The SMILES string of the molecule is Cc1ccc(C(=O)O)cc1S(=O)(=O)Nc1ccc(N2CCSCC2)c(C(=O)O)c1. The normalized spacial score (nSPS) is 14.4. The van der Waals surface area contributed by atoms with Gasteiger partial charge in [0.05, 0.1) is 21.7 Å². The van der Waals surface area contributed by atoms with Gasteiger partial charge in [0, 0.05) is 30.3 Å². The summed E-state index contributed by atoms with van der Waals surface area (Å²) < 4.78 is 28.0. The van der Waals surface area contributed by atoms with E-state index in [4.69, 9.17) is 5.11 Å². The highest BCUT2D eigenvalue weighted by Gasteiger charge is 2.22. The predicted molar refractivity (Wildman–Crippen MR) is 112 cm³/mol. The maximum atomic E-state index is 12.8. The molecular weight excluding hydrogens is 416 g/mol. The second kappa shape index (κ2) is 8.34. The van der Waals surface area contributed by atoms with Crippen LogP contribution < -0.4 is 9.62 Å². The number of carboxylic acid groups (broad SMARTS) is 2. The largest absolute Gasteiger partial charge is 0.478 e. The number of aryl methyl sites for hydroxylation is 1. The summed E-state index contributed by atoms with van der Waals surface area (Å²) in [5, 5.41) is 18.7. The highest BCUT2D eigenvalue weighted by molar-refractivity contribution is 7.99. The summed E-state index contributed by atoms with van der Waals surface area (Å²) in [6.07, 6.45) is 0. The van der Waals surface area contributed by atoms with Crippen molar-refractivity contribution in [3.8, 4) is 0 Å². The van der Waals surface area contributed by atoms with Gasteiger partial charge in [-0.15, -0.1) is 0 Å². The van der Waals surface area contributed by atoms with Crippen LogP contribution >= 0.6 is 11.8 Å². The van der Waals surface area contributed by atoms with Crippen LogP contribution in [0.1, 0.15) is 26.3 Å². The van der Waals surface area contributed by atoms with Crippen LogP contribution in [0, 0.1) is 6.92 Å². The van der Waals surface area contributed by atoms with E-state index in [1.807, 2.05) is 4.90 Å². The Morgan fingerprint density at radius 1 is 1.03 bits per heavy atom. The predicted octanol–water partition coefficient (Wildman–Crippen LogP) is 2.75. The number of carboxylic acids is 2. The summed E-state index contributed by atoms with van der Waals surface area (Å²) in [4.78, 5) is 24.7. The minimum absolute atomic E-state index is 0.00751. The van der Waals surface area contributed by atoms with Gasteiger partial charge in [-0.05, 0) is 42.8 Å². The number of nitrogens with zero attached hydrogens (tertiary/aromatic N) is 1. The van der Waals surface area contributed by atoms with Gasteiger partial charge in [0.1, 0.15) is 0 Å². The van der Waals surface area contributed by atoms with Crippen molar-refractivity contribution in [2.24, 2.45) is 0 Å². The van der Waals surface area contributed by atoms with Crippen LogP contribution in [0.25, 0.3) is 0 Å². The Kier molecular flexibility index (Phi) is 6.04. The molecular formula is C19H20N2O6S2. The van der Waals surface area contributed by atoms with Crippen molar-refractivity contribution < 1.29 is 28.2 Å². The average molecular weight is 437 g/mol. The minimum Gasteiger partial charge on any atom is -0.478 e. The molecule has 1 saturated heterocycles. The van der Waals surface area contributed by atoms with Crippen molar-refractivity contribution >= 4 is 45.1 Å². The van der Waals surface area contributed by atoms with Crippen LogP contribution in [0.15, 0.2) is 41.3 Å². The Bertz CT molecular complexity index is 1060. The van der Waals surface area contributed by atoms with Gasteiger partial charge in [-0.2, -0.15) is 11.8 Å². The zero-order chi connectivity index (χ0) is 21.2. The first kappa shape index (κ1) is 21.0. The third kappa shape index (κ3) is 4.65. The summed E-state index contributed by atoms with van der Waals surface area (Å²) in [5.74, 6) is -0.596. The molecule has 3 rings (SSSR count). The Balaban J connectivity index is 1.95. The lowest BCUT2D eigenvalue weighted by Gasteiger charge is -2.29. The Labute approximate surface area is 172 Å². The summed E-state index contributed by atoms with van der Waals surface area (Å²) >= 11 is 1.80. The van der Waals surface area contributed by atoms with E-state index in [0.29, 0.717) is 11.3 Å². The molecule has 3 N–H and O–H groups in total. The van der Waals surface area contributed by atoms with E-state index in [2.05, 4.69) is 4.72 Å². The van der Waals surface area contributed by atoms with Crippen molar-refractivity contribution in [1.29, 1.82) is 0 Å². The molecule has 0 atom stereocenters. The molecule has 1 heterocycles. The first-order chi connectivity index (χ1) is 13.7. The van der Waals surface area contributed by atoms with Crippen molar-refractivity contribution in [1.82, 2.24) is 0 Å². The molecule has 0 radical (unpaired) electrons. The lowest BCUT2D eigenvalue weighted by atomic mass is 10.1. The first-order valence-electron chi connectivity index (χ1n) is 8.76. The number of anilines is 2. The molecule has 154 valence electrons. The molecule has 0 unspecified atom stereocenters. The van der Waals surface area contributed by atoms with Crippen molar-refractivity contribution in [3.63, 3.8) is 0 Å². The second-order valence-corrected chi connectivity index (χ2v) is 9.40. The monoisotopic (exact) mass is 436 g/mol. The first-order valence-corrected chi connectivity index (χ1v) is 11.4. The van der Waals surface area contributed by atoms with Crippen molar-refractivity contribution in [3.05, 3.63) is 53.1 Å². The Morgan fingerprint density at radius 3 is 2.34 bits per heavy atom. The number of hydrogen-bond acceptors (Lipinski definition) is 6. The molecule has 0 saturated carbocycles. The highest BCUT2D eigenvalue weighted by Crippen LogP contribution is 2.28. The van der Waals surface area contributed by atoms with E-state index in [1.165, 1.54) is 24.3 Å². The van der Waals surface area contributed by atoms with Crippen LogP contribution in [0.2, 0.25) is 0 Å². The van der Waals surface area contributed by atoms with Gasteiger partial charge in [0.15, 0.2) is 0 Å². The summed E-state index contributed by atoms with van der Waals surface area (Å²) in [6.45, 7) is 2.99. The van der Waals surface area contributed by atoms with E-state index in [-0.39, 0.29) is 21.7 Å². The summed E-state index contributed by atoms with van der Waals surface area (Å²) in [5.41, 5.74) is 0.875. The van der Waals surface area contributed by atoms with Gasteiger partial charge in [0.25, 0.3) is 10.0 Å². The molecule has 2 aromatic rings. The van der Waals surface area contributed by atoms with Gasteiger partial charge in [-0.3, -0.25) is 4.72 Å². The molecule has 0 aliphatic carbocycles. The van der Waals surface area contributed by atoms with Gasteiger partial charge in [-0.25, -0.2) is 18.0 Å². The standard InChI is InChI=1S/C19H20N2O6S2/c1-12-2-3-13(18(22)23)10-17(12)29(26,27)20-14-4-5-16(15(11-14)19(24)25)21-6-8-28-9-7-21/h2-5,10-11,20H,6-9H2,1H3,(H,22,23)(H,24,25). The van der Waals surface area contributed by atoms with Crippen LogP contribution in [0.4, 0.5) is 11.4 Å². The van der Waals surface area contributed by atoms with E-state index in [9.17, 15) is 23.1 Å². The van der Waals surface area contributed by atoms with Crippen molar-refractivity contribution in [2.45, 2.75) is 11.8 Å². The van der Waals surface area contributed by atoms with Gasteiger partial charge in [-0.1, -0.05) is 6.07 Å². The number of aromatic carboxylic acids is 2. The fourth-order valence-corrected chi connectivity index (χ4v) is 5.31. The zero-order valence-corrected chi connectivity index (χ0v) is 17.2. The molecule has 0 amide bonds. The third-order valence-electron chi connectivity index (χ3n) is 4.56.